The van der Waals surface area contributed by atoms with Crippen molar-refractivity contribution in [2.45, 2.75) is 264 Å². The highest BCUT2D eigenvalue weighted by molar-refractivity contribution is 7.47. The van der Waals surface area contributed by atoms with Gasteiger partial charge in [-0.15, -0.1) is 0 Å². The average Bonchev–Trinajstić information content (AvgIpc) is 3.27. The molecular formula is C56H107NO8P+. The first kappa shape index (κ1) is 64.2. The standard InChI is InChI=1S/C56H106NO8P/c1-6-8-10-12-14-16-17-18-19-20-21-22-23-24-25-26-27-28-29-30-31-32-33-34-35-36-37-38-39-41-43-45-47-49-56(59)65-54(53-64-66(60,61)63-51-50-57(3,4)5)52-62-55(58)48-46-44-42-40-15-13-11-9-7-2/h17-18,20-21,23-24,54H,6-16,19,22,25-53H2,1-5H3/p+1/b18-17-,21-20-,24-23-. The lowest BCUT2D eigenvalue weighted by Gasteiger charge is -2.24. The molecule has 0 aliphatic heterocycles. The number of nitrogens with zero attached hydrogens (tertiary/aromatic N) is 1. The predicted molar refractivity (Wildman–Crippen MR) is 280 cm³/mol. The van der Waals surface area contributed by atoms with Gasteiger partial charge >= 0.3 is 19.8 Å². The lowest BCUT2D eigenvalue weighted by atomic mass is 10.0. The third-order valence-corrected chi connectivity index (χ3v) is 13.2. The summed E-state index contributed by atoms with van der Waals surface area (Å²) in [6, 6.07) is 0. The van der Waals surface area contributed by atoms with Crippen molar-refractivity contribution in [3.8, 4) is 0 Å². The van der Waals surface area contributed by atoms with Gasteiger partial charge in [0.25, 0.3) is 0 Å². The molecule has 0 spiro atoms. The summed E-state index contributed by atoms with van der Waals surface area (Å²) in [4.78, 5) is 35.4. The minimum atomic E-state index is -4.37. The zero-order valence-corrected chi connectivity index (χ0v) is 44.8. The van der Waals surface area contributed by atoms with Crippen LogP contribution in [0.1, 0.15) is 258 Å². The van der Waals surface area contributed by atoms with E-state index in [0.29, 0.717) is 23.9 Å². The molecule has 66 heavy (non-hydrogen) atoms. The normalized spacial score (nSPS) is 13.6. The van der Waals surface area contributed by atoms with Crippen molar-refractivity contribution >= 4 is 19.8 Å². The first-order chi connectivity index (χ1) is 32.0. The van der Waals surface area contributed by atoms with E-state index >= 15 is 0 Å². The van der Waals surface area contributed by atoms with E-state index in [-0.39, 0.29) is 25.6 Å². The zero-order chi connectivity index (χ0) is 48.5. The highest BCUT2D eigenvalue weighted by atomic mass is 31.2. The minimum absolute atomic E-state index is 0.0340. The number of phosphoric acid groups is 1. The Balaban J connectivity index is 3.94. The number of carbonyl (C=O) groups is 2. The van der Waals surface area contributed by atoms with Crippen molar-refractivity contribution in [1.82, 2.24) is 0 Å². The monoisotopic (exact) mass is 953 g/mol. The number of esters is 2. The van der Waals surface area contributed by atoms with E-state index in [1.165, 1.54) is 180 Å². The Morgan fingerprint density at radius 2 is 0.818 bits per heavy atom. The number of ether oxygens (including phenoxy) is 2. The molecule has 388 valence electrons. The fraction of sp³-hybridized carbons (Fsp3) is 0.857. The van der Waals surface area contributed by atoms with Crippen molar-refractivity contribution in [3.05, 3.63) is 36.5 Å². The van der Waals surface area contributed by atoms with Crippen LogP contribution in [0.4, 0.5) is 0 Å². The van der Waals surface area contributed by atoms with E-state index in [0.717, 1.165) is 44.9 Å². The molecule has 0 aliphatic carbocycles. The highest BCUT2D eigenvalue weighted by Gasteiger charge is 2.27. The average molecular weight is 953 g/mol. The number of hydrogen-bond acceptors (Lipinski definition) is 7. The van der Waals surface area contributed by atoms with Crippen molar-refractivity contribution < 1.29 is 42.1 Å². The molecule has 0 fully saturated rings. The molecule has 0 amide bonds. The van der Waals surface area contributed by atoms with Crippen LogP contribution in [0.2, 0.25) is 0 Å². The summed E-state index contributed by atoms with van der Waals surface area (Å²) in [6.45, 7) is 4.42. The lowest BCUT2D eigenvalue weighted by molar-refractivity contribution is -0.870. The van der Waals surface area contributed by atoms with Crippen LogP contribution in [0.15, 0.2) is 36.5 Å². The van der Waals surface area contributed by atoms with Gasteiger partial charge in [-0.05, 0) is 51.4 Å². The van der Waals surface area contributed by atoms with E-state index in [1.807, 2.05) is 21.1 Å². The molecule has 0 bridgehead atoms. The topological polar surface area (TPSA) is 108 Å². The van der Waals surface area contributed by atoms with Gasteiger partial charge < -0.3 is 18.9 Å². The maximum atomic E-state index is 12.7. The summed E-state index contributed by atoms with van der Waals surface area (Å²) < 4.78 is 34.4. The SMILES string of the molecule is CCCCCCC/C=C\C/C=C\C/C=C\CCCCCCCCCCCCCCCCCCCCC(=O)OC(COC(=O)CCCCCCCCCCC)COP(=O)(O)OCC[N+](C)(C)C. The van der Waals surface area contributed by atoms with E-state index in [4.69, 9.17) is 18.5 Å². The van der Waals surface area contributed by atoms with Crippen molar-refractivity contribution in [2.75, 3.05) is 47.5 Å². The Kier molecular flexibility index (Phi) is 47.0. The maximum Gasteiger partial charge on any atom is 0.472 e. The van der Waals surface area contributed by atoms with Gasteiger partial charge in [-0.3, -0.25) is 18.6 Å². The Labute approximate surface area is 408 Å². The number of rotatable bonds is 51. The van der Waals surface area contributed by atoms with Crippen LogP contribution in [-0.2, 0) is 32.7 Å². The summed E-state index contributed by atoms with van der Waals surface area (Å²) in [5.41, 5.74) is 0. The number of allylic oxidation sites excluding steroid dienone is 6. The van der Waals surface area contributed by atoms with Gasteiger partial charge in [0, 0.05) is 12.8 Å². The number of unbranched alkanes of at least 4 members (excludes halogenated alkanes) is 31. The molecule has 10 heteroatoms. The van der Waals surface area contributed by atoms with Gasteiger partial charge in [-0.1, -0.05) is 230 Å². The molecule has 0 rings (SSSR count). The van der Waals surface area contributed by atoms with Crippen LogP contribution < -0.4 is 0 Å². The van der Waals surface area contributed by atoms with Crippen LogP contribution in [0.5, 0.6) is 0 Å². The van der Waals surface area contributed by atoms with Crippen molar-refractivity contribution in [2.24, 2.45) is 0 Å². The fourth-order valence-corrected chi connectivity index (χ4v) is 8.59. The van der Waals surface area contributed by atoms with E-state index in [9.17, 15) is 19.0 Å². The Morgan fingerprint density at radius 1 is 0.470 bits per heavy atom. The van der Waals surface area contributed by atoms with Gasteiger partial charge in [0.1, 0.15) is 19.8 Å². The van der Waals surface area contributed by atoms with Gasteiger partial charge in [-0.2, -0.15) is 0 Å². The van der Waals surface area contributed by atoms with Crippen molar-refractivity contribution in [3.63, 3.8) is 0 Å². The van der Waals surface area contributed by atoms with E-state index in [1.54, 1.807) is 0 Å². The second kappa shape index (κ2) is 48.3. The molecule has 0 saturated carbocycles. The van der Waals surface area contributed by atoms with Gasteiger partial charge in [-0.25, -0.2) is 4.57 Å². The molecule has 2 atom stereocenters. The molecule has 1 N–H and O–H groups in total. The van der Waals surface area contributed by atoms with Gasteiger partial charge in [0.2, 0.25) is 0 Å². The smallest absolute Gasteiger partial charge is 0.462 e. The predicted octanol–water partition coefficient (Wildman–Crippen LogP) is 16.8. The molecule has 0 aromatic rings. The van der Waals surface area contributed by atoms with E-state index < -0.39 is 26.5 Å². The highest BCUT2D eigenvalue weighted by Crippen LogP contribution is 2.43. The van der Waals surface area contributed by atoms with Crippen LogP contribution >= 0.6 is 7.82 Å². The second-order valence-corrected chi connectivity index (χ2v) is 21.4. The first-order valence-electron chi connectivity index (χ1n) is 27.7. The Bertz CT molecular complexity index is 1210. The van der Waals surface area contributed by atoms with Crippen LogP contribution in [0.25, 0.3) is 0 Å². The number of hydrogen-bond donors (Lipinski definition) is 1. The number of quaternary nitrogens is 1. The molecular weight excluding hydrogens is 846 g/mol. The number of phosphoric ester groups is 1. The molecule has 0 aromatic carbocycles. The maximum absolute atomic E-state index is 12.7. The summed E-state index contributed by atoms with van der Waals surface area (Å²) in [7, 11) is 1.49. The van der Waals surface area contributed by atoms with Gasteiger partial charge in [0.05, 0.1) is 27.7 Å². The van der Waals surface area contributed by atoms with Crippen molar-refractivity contribution in [1.29, 1.82) is 0 Å². The fourth-order valence-electron chi connectivity index (χ4n) is 7.85. The third-order valence-electron chi connectivity index (χ3n) is 12.2. The Morgan fingerprint density at radius 3 is 1.21 bits per heavy atom. The summed E-state index contributed by atoms with van der Waals surface area (Å²) in [5, 5.41) is 0. The summed E-state index contributed by atoms with van der Waals surface area (Å²) >= 11 is 0. The molecule has 0 radical (unpaired) electrons. The molecule has 0 heterocycles. The Hall–Kier alpha value is -1.77. The molecule has 0 aromatic heterocycles. The first-order valence-corrected chi connectivity index (χ1v) is 29.2. The lowest BCUT2D eigenvalue weighted by Crippen LogP contribution is -2.37. The summed E-state index contributed by atoms with van der Waals surface area (Å²) in [6.07, 6.45) is 58.1. The quantitative estimate of drug-likeness (QED) is 0.0211. The second-order valence-electron chi connectivity index (χ2n) is 20.0. The largest absolute Gasteiger partial charge is 0.472 e. The minimum Gasteiger partial charge on any atom is -0.462 e. The molecule has 0 aliphatic rings. The van der Waals surface area contributed by atoms with E-state index in [2.05, 4.69) is 50.3 Å². The molecule has 0 saturated heterocycles. The summed E-state index contributed by atoms with van der Waals surface area (Å²) in [5.74, 6) is -0.791. The number of carbonyl (C=O) groups excluding carboxylic acids is 2. The van der Waals surface area contributed by atoms with Crippen LogP contribution in [0.3, 0.4) is 0 Å². The number of likely N-dealkylation sites (N-methyl/N-ethyl adjacent to an activating group) is 1. The van der Waals surface area contributed by atoms with Crippen LogP contribution in [0, 0.1) is 0 Å². The van der Waals surface area contributed by atoms with Gasteiger partial charge in [0.15, 0.2) is 6.10 Å². The molecule has 9 nitrogen and oxygen atoms in total. The zero-order valence-electron chi connectivity index (χ0n) is 43.9. The molecule has 2 unspecified atom stereocenters. The van der Waals surface area contributed by atoms with Crippen LogP contribution in [-0.4, -0.2) is 74.9 Å². The third kappa shape index (κ3) is 51.6.